The van der Waals surface area contributed by atoms with Crippen molar-refractivity contribution in [3.63, 3.8) is 0 Å². The molecular formula is C18H24FN3O3. The van der Waals surface area contributed by atoms with E-state index in [9.17, 15) is 4.39 Å². The third-order valence-electron chi connectivity index (χ3n) is 4.38. The fourth-order valence-corrected chi connectivity index (χ4v) is 3.03. The summed E-state index contributed by atoms with van der Waals surface area (Å²) in [6, 6.07) is 5.18. The Hall–Kier alpha value is -1.96. The third kappa shape index (κ3) is 4.36. The Morgan fingerprint density at radius 1 is 1.40 bits per heavy atom. The van der Waals surface area contributed by atoms with Gasteiger partial charge in [-0.3, -0.25) is 4.68 Å². The van der Waals surface area contributed by atoms with Gasteiger partial charge >= 0.3 is 0 Å². The largest absolute Gasteiger partial charge is 0.494 e. The maximum absolute atomic E-state index is 13.8. The molecule has 2 aromatic rings. The van der Waals surface area contributed by atoms with Crippen LogP contribution in [-0.4, -0.2) is 43.3 Å². The lowest BCUT2D eigenvalue weighted by molar-refractivity contribution is 0.0983. The van der Waals surface area contributed by atoms with Gasteiger partial charge in [-0.15, -0.1) is 0 Å². The second-order valence-corrected chi connectivity index (χ2v) is 6.07. The van der Waals surface area contributed by atoms with Gasteiger partial charge in [0.15, 0.2) is 11.6 Å². The van der Waals surface area contributed by atoms with Gasteiger partial charge in [0.25, 0.3) is 0 Å². The highest BCUT2D eigenvalue weighted by molar-refractivity contribution is 5.29. The number of nitrogens with one attached hydrogen (secondary N) is 1. The van der Waals surface area contributed by atoms with Crippen LogP contribution >= 0.6 is 0 Å². The smallest absolute Gasteiger partial charge is 0.165 e. The molecule has 1 saturated heterocycles. The summed E-state index contributed by atoms with van der Waals surface area (Å²) >= 11 is 0. The first-order valence-corrected chi connectivity index (χ1v) is 8.40. The molecule has 0 amide bonds. The van der Waals surface area contributed by atoms with Gasteiger partial charge in [-0.25, -0.2) is 4.39 Å². The van der Waals surface area contributed by atoms with E-state index in [0.29, 0.717) is 26.3 Å². The van der Waals surface area contributed by atoms with Crippen molar-refractivity contribution in [2.75, 3.05) is 27.4 Å². The molecule has 1 aliphatic rings. The van der Waals surface area contributed by atoms with Crippen LogP contribution in [0.2, 0.25) is 0 Å². The second kappa shape index (κ2) is 8.42. The fourth-order valence-electron chi connectivity index (χ4n) is 3.03. The predicted molar refractivity (Wildman–Crippen MR) is 91.0 cm³/mol. The van der Waals surface area contributed by atoms with Crippen molar-refractivity contribution >= 4 is 0 Å². The van der Waals surface area contributed by atoms with Crippen LogP contribution in [0, 0.1) is 5.82 Å². The summed E-state index contributed by atoms with van der Waals surface area (Å²) in [7, 11) is 3.13. The number of ether oxygens (including phenoxy) is 3. The van der Waals surface area contributed by atoms with Crippen molar-refractivity contribution in [1.82, 2.24) is 15.1 Å². The first kappa shape index (κ1) is 17.8. The van der Waals surface area contributed by atoms with Gasteiger partial charge in [0.2, 0.25) is 0 Å². The van der Waals surface area contributed by atoms with Gasteiger partial charge in [0.05, 0.1) is 26.5 Å². The van der Waals surface area contributed by atoms with Crippen molar-refractivity contribution in [2.45, 2.75) is 31.7 Å². The summed E-state index contributed by atoms with van der Waals surface area (Å²) in [5.74, 6) is -0.0882. The van der Waals surface area contributed by atoms with Gasteiger partial charge in [-0.05, 0) is 24.1 Å². The topological polar surface area (TPSA) is 57.5 Å². The Balaban J connectivity index is 1.60. The predicted octanol–water partition coefficient (Wildman–Crippen LogP) is 2.30. The van der Waals surface area contributed by atoms with Gasteiger partial charge < -0.3 is 19.5 Å². The molecule has 1 aliphatic heterocycles. The lowest BCUT2D eigenvalue weighted by Crippen LogP contribution is -2.31. The van der Waals surface area contributed by atoms with E-state index in [4.69, 9.17) is 14.2 Å². The number of hydrogen-bond donors (Lipinski definition) is 1. The zero-order chi connectivity index (χ0) is 17.6. The molecule has 1 N–H and O–H groups in total. The Kier molecular flexibility index (Phi) is 6.01. The molecule has 0 unspecified atom stereocenters. The zero-order valence-electron chi connectivity index (χ0n) is 14.6. The molecule has 0 spiro atoms. The third-order valence-corrected chi connectivity index (χ3v) is 4.38. The van der Waals surface area contributed by atoms with Crippen LogP contribution in [-0.2, 0) is 22.6 Å². The molecule has 2 atom stereocenters. The number of nitrogens with zero attached hydrogens (tertiary/aromatic N) is 2. The van der Waals surface area contributed by atoms with Crippen molar-refractivity contribution in [2.24, 2.45) is 0 Å². The summed E-state index contributed by atoms with van der Waals surface area (Å²) < 4.78 is 31.6. The van der Waals surface area contributed by atoms with Crippen LogP contribution in [0.4, 0.5) is 4.39 Å². The highest BCUT2D eigenvalue weighted by Gasteiger charge is 2.30. The Labute approximate surface area is 146 Å². The standard InChI is InChI=1S/C18H24FN3O3/c1-23-8-6-22-12-14(11-21-22)18-16(5-7-25-18)20-10-13-3-4-17(24-2)15(19)9-13/h3-4,9,11-12,16,18,20H,5-8,10H2,1-2H3/t16-,18+/m0/s1. The molecule has 0 saturated carbocycles. The summed E-state index contributed by atoms with van der Waals surface area (Å²) in [5.41, 5.74) is 1.92. The van der Waals surface area contributed by atoms with Gasteiger partial charge in [-0.2, -0.15) is 5.10 Å². The molecule has 2 heterocycles. The van der Waals surface area contributed by atoms with Crippen molar-refractivity contribution < 1.29 is 18.6 Å². The SMILES string of the molecule is COCCn1cc([C@H]2OCC[C@@H]2NCc2ccc(OC)c(F)c2)cn1. The zero-order valence-corrected chi connectivity index (χ0v) is 14.6. The summed E-state index contributed by atoms with van der Waals surface area (Å²) in [6.07, 6.45) is 4.70. The van der Waals surface area contributed by atoms with E-state index in [1.165, 1.54) is 13.2 Å². The van der Waals surface area contributed by atoms with Gasteiger partial charge in [-0.1, -0.05) is 6.07 Å². The number of rotatable bonds is 8. The Morgan fingerprint density at radius 2 is 2.28 bits per heavy atom. The van der Waals surface area contributed by atoms with Crippen molar-refractivity contribution in [3.05, 3.63) is 47.5 Å². The molecule has 0 bridgehead atoms. The average Bonchev–Trinajstić information content (AvgIpc) is 3.27. The minimum absolute atomic E-state index is 0.0422. The Morgan fingerprint density at radius 3 is 3.04 bits per heavy atom. The molecule has 0 radical (unpaired) electrons. The second-order valence-electron chi connectivity index (χ2n) is 6.07. The van der Waals surface area contributed by atoms with E-state index < -0.39 is 0 Å². The summed E-state index contributed by atoms with van der Waals surface area (Å²) in [5, 5.41) is 7.82. The summed E-state index contributed by atoms with van der Waals surface area (Å²) in [4.78, 5) is 0. The minimum Gasteiger partial charge on any atom is -0.494 e. The van der Waals surface area contributed by atoms with E-state index in [1.807, 2.05) is 23.1 Å². The van der Waals surface area contributed by atoms with Crippen molar-refractivity contribution in [1.29, 1.82) is 0 Å². The molecule has 1 aromatic carbocycles. The van der Waals surface area contributed by atoms with Crippen LogP contribution in [0.1, 0.15) is 23.7 Å². The van der Waals surface area contributed by atoms with Crippen LogP contribution < -0.4 is 10.1 Å². The number of halogens is 1. The van der Waals surface area contributed by atoms with E-state index in [-0.39, 0.29) is 23.7 Å². The first-order chi connectivity index (χ1) is 12.2. The molecule has 1 fully saturated rings. The number of hydrogen-bond acceptors (Lipinski definition) is 5. The van der Waals surface area contributed by atoms with Crippen LogP contribution in [0.3, 0.4) is 0 Å². The lowest BCUT2D eigenvalue weighted by Gasteiger charge is -2.19. The fraction of sp³-hybridized carbons (Fsp3) is 0.500. The molecule has 136 valence electrons. The molecule has 3 rings (SSSR count). The average molecular weight is 349 g/mol. The minimum atomic E-state index is -0.347. The first-order valence-electron chi connectivity index (χ1n) is 8.40. The molecule has 7 heteroatoms. The maximum atomic E-state index is 13.8. The van der Waals surface area contributed by atoms with Crippen LogP contribution in [0.25, 0.3) is 0 Å². The normalized spacial score (nSPS) is 20.1. The number of aromatic nitrogens is 2. The number of benzene rings is 1. The maximum Gasteiger partial charge on any atom is 0.165 e. The highest BCUT2D eigenvalue weighted by atomic mass is 19.1. The van der Waals surface area contributed by atoms with Crippen molar-refractivity contribution in [3.8, 4) is 5.75 Å². The van der Waals surface area contributed by atoms with E-state index in [1.54, 1.807) is 13.2 Å². The lowest BCUT2D eigenvalue weighted by atomic mass is 10.0. The molecule has 25 heavy (non-hydrogen) atoms. The monoisotopic (exact) mass is 349 g/mol. The van der Waals surface area contributed by atoms with E-state index >= 15 is 0 Å². The summed E-state index contributed by atoms with van der Waals surface area (Å²) in [6.45, 7) is 2.61. The molecule has 6 nitrogen and oxygen atoms in total. The van der Waals surface area contributed by atoms with E-state index in [0.717, 1.165) is 17.5 Å². The molecule has 1 aromatic heterocycles. The molecule has 0 aliphatic carbocycles. The van der Waals surface area contributed by atoms with Gasteiger partial charge in [0.1, 0.15) is 6.10 Å². The van der Waals surface area contributed by atoms with Crippen LogP contribution in [0.15, 0.2) is 30.6 Å². The molecular weight excluding hydrogens is 325 g/mol. The van der Waals surface area contributed by atoms with E-state index in [2.05, 4.69) is 10.4 Å². The quantitative estimate of drug-likeness (QED) is 0.792. The highest BCUT2D eigenvalue weighted by Crippen LogP contribution is 2.29. The Bertz CT molecular complexity index is 692. The van der Waals surface area contributed by atoms with Crippen LogP contribution in [0.5, 0.6) is 5.75 Å². The van der Waals surface area contributed by atoms with Gasteiger partial charge in [0, 0.05) is 38.1 Å². The number of methoxy groups -OCH3 is 2.